The van der Waals surface area contributed by atoms with Crippen molar-refractivity contribution in [3.8, 4) is 0 Å². The number of thiophene rings is 1. The molecule has 0 spiro atoms. The number of nitrogens with two attached hydrogens (primary N) is 1. The second kappa shape index (κ2) is 5.19. The molecular formula is C13H21NO2S. The molecule has 1 heterocycles. The van der Waals surface area contributed by atoms with Gasteiger partial charge in [0.05, 0.1) is 12.5 Å². The van der Waals surface area contributed by atoms with E-state index in [-0.39, 0.29) is 12.0 Å². The third-order valence-electron chi connectivity index (χ3n) is 2.95. The van der Waals surface area contributed by atoms with Gasteiger partial charge in [0, 0.05) is 15.8 Å². The minimum absolute atomic E-state index is 0.117. The molecule has 0 saturated heterocycles. The van der Waals surface area contributed by atoms with Crippen molar-refractivity contribution in [2.75, 3.05) is 7.11 Å². The van der Waals surface area contributed by atoms with Crippen LogP contribution in [0.15, 0.2) is 6.07 Å². The van der Waals surface area contributed by atoms with Gasteiger partial charge in [-0.05, 0) is 45.7 Å². The summed E-state index contributed by atoms with van der Waals surface area (Å²) in [5.41, 5.74) is 6.78. The molecule has 1 rings (SSSR count). The fraction of sp³-hybridized carbons (Fsp3) is 0.615. The molecule has 3 nitrogen and oxygen atoms in total. The van der Waals surface area contributed by atoms with Crippen molar-refractivity contribution >= 4 is 17.3 Å². The second-order valence-electron chi connectivity index (χ2n) is 5.05. The first kappa shape index (κ1) is 14.2. The van der Waals surface area contributed by atoms with Crippen LogP contribution in [0.5, 0.6) is 0 Å². The van der Waals surface area contributed by atoms with Crippen LogP contribution in [0.3, 0.4) is 0 Å². The monoisotopic (exact) mass is 255 g/mol. The van der Waals surface area contributed by atoms with Crippen molar-refractivity contribution in [2.45, 2.75) is 40.2 Å². The third kappa shape index (κ3) is 3.30. The van der Waals surface area contributed by atoms with Gasteiger partial charge in [-0.3, -0.25) is 4.79 Å². The summed E-state index contributed by atoms with van der Waals surface area (Å²) in [7, 11) is 1.41. The molecule has 0 aromatic carbocycles. The lowest BCUT2D eigenvalue weighted by molar-refractivity contribution is -0.151. The summed E-state index contributed by atoms with van der Waals surface area (Å²) in [5, 5.41) is 0. The Labute approximate surface area is 107 Å². The Balaban J connectivity index is 2.82. The molecular weight excluding hydrogens is 234 g/mol. The maximum absolute atomic E-state index is 11.6. The number of hydrogen-bond acceptors (Lipinski definition) is 4. The predicted molar refractivity (Wildman–Crippen MR) is 71.1 cm³/mol. The zero-order valence-corrected chi connectivity index (χ0v) is 12.0. The number of methoxy groups -OCH3 is 1. The van der Waals surface area contributed by atoms with Gasteiger partial charge in [-0.1, -0.05) is 0 Å². The van der Waals surface area contributed by atoms with Crippen LogP contribution in [0.4, 0.5) is 0 Å². The smallest absolute Gasteiger partial charge is 0.311 e. The van der Waals surface area contributed by atoms with Crippen molar-refractivity contribution in [3.63, 3.8) is 0 Å². The number of carbonyl (C=O) groups excluding carboxylic acids is 1. The summed E-state index contributed by atoms with van der Waals surface area (Å²) in [6, 6.07) is 1.99. The summed E-state index contributed by atoms with van der Waals surface area (Å²) >= 11 is 1.74. The normalized spacial score (nSPS) is 13.5. The number of ether oxygens (including phenoxy) is 1. The molecule has 0 bridgehead atoms. The molecule has 0 saturated carbocycles. The van der Waals surface area contributed by atoms with Crippen molar-refractivity contribution in [1.82, 2.24) is 0 Å². The maximum atomic E-state index is 11.6. The highest BCUT2D eigenvalue weighted by molar-refractivity contribution is 7.12. The molecule has 0 aliphatic carbocycles. The lowest BCUT2D eigenvalue weighted by Gasteiger charge is -2.25. The second-order valence-corrected chi connectivity index (χ2v) is 6.52. The molecule has 4 heteroatoms. The van der Waals surface area contributed by atoms with Gasteiger partial charge < -0.3 is 10.5 Å². The molecule has 1 atom stereocenters. The SMILES string of the molecule is COC(=O)C(C)(C)CC(N)c1cc(C)sc1C. The van der Waals surface area contributed by atoms with Gasteiger partial charge in [0.2, 0.25) is 0 Å². The number of esters is 1. The van der Waals surface area contributed by atoms with E-state index < -0.39 is 5.41 Å². The molecule has 1 unspecified atom stereocenters. The minimum atomic E-state index is -0.545. The van der Waals surface area contributed by atoms with E-state index in [4.69, 9.17) is 10.5 Å². The molecule has 1 aromatic heterocycles. The van der Waals surface area contributed by atoms with E-state index in [9.17, 15) is 4.79 Å². The van der Waals surface area contributed by atoms with E-state index in [1.165, 1.54) is 16.9 Å². The van der Waals surface area contributed by atoms with Crippen LogP contribution in [-0.4, -0.2) is 13.1 Å². The van der Waals surface area contributed by atoms with Gasteiger partial charge in [-0.25, -0.2) is 0 Å². The van der Waals surface area contributed by atoms with E-state index in [2.05, 4.69) is 19.9 Å². The van der Waals surface area contributed by atoms with Crippen molar-refractivity contribution in [1.29, 1.82) is 0 Å². The lowest BCUT2D eigenvalue weighted by Crippen LogP contribution is -2.30. The first-order valence-electron chi connectivity index (χ1n) is 5.69. The molecule has 17 heavy (non-hydrogen) atoms. The Hall–Kier alpha value is -0.870. The number of hydrogen-bond donors (Lipinski definition) is 1. The molecule has 0 amide bonds. The van der Waals surface area contributed by atoms with Crippen LogP contribution in [-0.2, 0) is 9.53 Å². The fourth-order valence-corrected chi connectivity index (χ4v) is 3.03. The first-order valence-corrected chi connectivity index (χ1v) is 6.50. The quantitative estimate of drug-likeness (QED) is 0.842. The molecule has 0 aliphatic rings. The van der Waals surface area contributed by atoms with E-state index in [0.29, 0.717) is 6.42 Å². The standard InChI is InChI=1S/C13H21NO2S/c1-8-6-10(9(2)17-8)11(14)7-13(3,4)12(15)16-5/h6,11H,7,14H2,1-5H3. The van der Waals surface area contributed by atoms with Crippen LogP contribution < -0.4 is 5.73 Å². The third-order valence-corrected chi connectivity index (χ3v) is 3.93. The van der Waals surface area contributed by atoms with E-state index in [0.717, 1.165) is 5.56 Å². The van der Waals surface area contributed by atoms with Crippen LogP contribution in [0.1, 0.15) is 41.6 Å². The largest absolute Gasteiger partial charge is 0.469 e. The average molecular weight is 255 g/mol. The Morgan fingerprint density at radius 1 is 1.53 bits per heavy atom. The first-order chi connectivity index (χ1) is 7.77. The van der Waals surface area contributed by atoms with Crippen molar-refractivity contribution in [3.05, 3.63) is 21.4 Å². The Bertz CT molecular complexity index is 410. The van der Waals surface area contributed by atoms with Gasteiger partial charge in [0.1, 0.15) is 0 Å². The summed E-state index contributed by atoms with van der Waals surface area (Å²) in [5.74, 6) is -0.211. The minimum Gasteiger partial charge on any atom is -0.469 e. The van der Waals surface area contributed by atoms with Gasteiger partial charge in [-0.2, -0.15) is 0 Å². The number of rotatable bonds is 4. The average Bonchev–Trinajstić information content (AvgIpc) is 2.56. The molecule has 96 valence electrons. The summed E-state index contributed by atoms with van der Waals surface area (Å²) in [6.45, 7) is 7.87. The molecule has 2 N–H and O–H groups in total. The number of carbonyl (C=O) groups is 1. The highest BCUT2D eigenvalue weighted by Gasteiger charge is 2.31. The van der Waals surface area contributed by atoms with E-state index >= 15 is 0 Å². The summed E-state index contributed by atoms with van der Waals surface area (Å²) in [6.07, 6.45) is 0.594. The van der Waals surface area contributed by atoms with Crippen LogP contribution in [0.25, 0.3) is 0 Å². The molecule has 1 aromatic rings. The zero-order valence-electron chi connectivity index (χ0n) is 11.2. The molecule has 0 aliphatic heterocycles. The Morgan fingerprint density at radius 2 is 2.12 bits per heavy atom. The van der Waals surface area contributed by atoms with Crippen LogP contribution >= 0.6 is 11.3 Å². The maximum Gasteiger partial charge on any atom is 0.311 e. The topological polar surface area (TPSA) is 52.3 Å². The van der Waals surface area contributed by atoms with E-state index in [1.54, 1.807) is 11.3 Å². The van der Waals surface area contributed by atoms with Crippen molar-refractivity contribution < 1.29 is 9.53 Å². The summed E-state index contributed by atoms with van der Waals surface area (Å²) < 4.78 is 4.80. The van der Waals surface area contributed by atoms with Crippen LogP contribution in [0, 0.1) is 19.3 Å². The van der Waals surface area contributed by atoms with E-state index in [1.807, 2.05) is 13.8 Å². The predicted octanol–water partition coefficient (Wildman–Crippen LogP) is 2.95. The highest BCUT2D eigenvalue weighted by Crippen LogP contribution is 2.33. The summed E-state index contributed by atoms with van der Waals surface area (Å²) in [4.78, 5) is 14.1. The fourth-order valence-electron chi connectivity index (χ4n) is 2.04. The lowest BCUT2D eigenvalue weighted by atomic mass is 9.84. The van der Waals surface area contributed by atoms with Gasteiger partial charge >= 0.3 is 5.97 Å². The van der Waals surface area contributed by atoms with Gasteiger partial charge in [0.25, 0.3) is 0 Å². The Kier molecular flexibility index (Phi) is 4.33. The zero-order chi connectivity index (χ0) is 13.2. The molecule has 0 fully saturated rings. The van der Waals surface area contributed by atoms with Crippen LogP contribution in [0.2, 0.25) is 0 Å². The molecule has 0 radical (unpaired) electrons. The Morgan fingerprint density at radius 3 is 2.53 bits per heavy atom. The number of aryl methyl sites for hydroxylation is 2. The van der Waals surface area contributed by atoms with Gasteiger partial charge in [-0.15, -0.1) is 11.3 Å². The van der Waals surface area contributed by atoms with Gasteiger partial charge in [0.15, 0.2) is 0 Å². The highest BCUT2D eigenvalue weighted by atomic mass is 32.1. The van der Waals surface area contributed by atoms with Crippen molar-refractivity contribution in [2.24, 2.45) is 11.1 Å².